The van der Waals surface area contributed by atoms with Gasteiger partial charge in [-0.3, -0.25) is 14.6 Å². The molecule has 1 saturated heterocycles. The number of hydrogen-bond acceptors (Lipinski definition) is 7. The van der Waals surface area contributed by atoms with E-state index in [0.717, 1.165) is 58.6 Å². The molecule has 0 radical (unpaired) electrons. The Labute approximate surface area is 282 Å². The number of hydrogen-bond donors (Lipinski definition) is 3. The van der Waals surface area contributed by atoms with Crippen molar-refractivity contribution >= 4 is 11.9 Å². The highest BCUT2D eigenvalue weighted by Gasteiger charge is 2.38. The number of aromatic nitrogens is 1. The second kappa shape index (κ2) is 17.1. The smallest absolute Gasteiger partial charge is 0.303 e. The number of amides is 1. The van der Waals surface area contributed by atoms with Gasteiger partial charge in [-0.05, 0) is 53.4 Å². The molecule has 0 saturated carbocycles. The number of aliphatic hydroxyl groups is 1. The molecule has 0 spiro atoms. The van der Waals surface area contributed by atoms with Crippen molar-refractivity contribution < 1.29 is 29.3 Å². The molecule has 4 atom stereocenters. The minimum Gasteiger partial charge on any atom is -0.481 e. The summed E-state index contributed by atoms with van der Waals surface area (Å²) in [5.41, 5.74) is 6.84. The first-order valence-corrected chi connectivity index (χ1v) is 16.6. The molecule has 5 rings (SSSR count). The van der Waals surface area contributed by atoms with Crippen molar-refractivity contribution in [2.75, 3.05) is 20.1 Å². The molecule has 4 aromatic rings. The minimum absolute atomic E-state index is 0.00851. The number of aliphatic hydroxyl groups excluding tert-OH is 1. The van der Waals surface area contributed by atoms with Crippen molar-refractivity contribution in [3.8, 4) is 11.1 Å². The van der Waals surface area contributed by atoms with E-state index in [1.807, 2.05) is 97.2 Å². The van der Waals surface area contributed by atoms with E-state index in [1.165, 1.54) is 0 Å². The molecule has 48 heavy (non-hydrogen) atoms. The Morgan fingerprint density at radius 1 is 0.896 bits per heavy atom. The molecule has 1 aliphatic rings. The highest BCUT2D eigenvalue weighted by Crippen LogP contribution is 2.42. The monoisotopic (exact) mass is 651 g/mol. The van der Waals surface area contributed by atoms with Crippen LogP contribution in [0.2, 0.25) is 0 Å². The quantitative estimate of drug-likeness (QED) is 0.142. The summed E-state index contributed by atoms with van der Waals surface area (Å²) in [4.78, 5) is 29.8. The fraction of sp³-hybridized carbons (Fsp3) is 0.359. The largest absolute Gasteiger partial charge is 0.481 e. The van der Waals surface area contributed by atoms with Crippen molar-refractivity contribution in [3.05, 3.63) is 125 Å². The number of likely N-dealkylation sites (N-methyl/N-ethyl adjacent to an activating group) is 1. The van der Waals surface area contributed by atoms with Crippen LogP contribution < -0.4 is 5.32 Å². The van der Waals surface area contributed by atoms with Crippen molar-refractivity contribution in [1.29, 1.82) is 0 Å². The zero-order valence-corrected chi connectivity index (χ0v) is 27.6. The van der Waals surface area contributed by atoms with Crippen LogP contribution in [0, 0.1) is 5.92 Å². The van der Waals surface area contributed by atoms with Crippen molar-refractivity contribution in [3.63, 3.8) is 0 Å². The number of nitrogens with one attached hydrogen (secondary N) is 1. The summed E-state index contributed by atoms with van der Waals surface area (Å²) in [6.45, 7) is 4.09. The summed E-state index contributed by atoms with van der Waals surface area (Å²) in [6, 6.07) is 30.0. The summed E-state index contributed by atoms with van der Waals surface area (Å²) in [5, 5.41) is 21.3. The van der Waals surface area contributed by atoms with Crippen molar-refractivity contribution in [2.45, 2.75) is 64.3 Å². The van der Waals surface area contributed by atoms with E-state index in [9.17, 15) is 14.7 Å². The van der Waals surface area contributed by atoms with Crippen molar-refractivity contribution in [1.82, 2.24) is 15.2 Å². The third-order valence-electron chi connectivity index (χ3n) is 8.87. The summed E-state index contributed by atoms with van der Waals surface area (Å²) in [5.74, 6) is -0.995. The van der Waals surface area contributed by atoms with E-state index >= 15 is 0 Å². The van der Waals surface area contributed by atoms with E-state index in [2.05, 4.69) is 29.2 Å². The van der Waals surface area contributed by atoms with Crippen LogP contribution in [0.25, 0.3) is 11.1 Å². The summed E-state index contributed by atoms with van der Waals surface area (Å²) < 4.78 is 13.4. The molecular formula is C39H45N3O6. The number of carboxylic acid groups (broad SMARTS) is 1. The molecule has 1 amide bonds. The van der Waals surface area contributed by atoms with Gasteiger partial charge in [0, 0.05) is 62.3 Å². The molecule has 3 aromatic carbocycles. The molecule has 2 heterocycles. The molecule has 1 aromatic heterocycles. The zero-order chi connectivity index (χ0) is 33.9. The fourth-order valence-electron chi connectivity index (χ4n) is 6.04. The van der Waals surface area contributed by atoms with Crippen LogP contribution in [-0.4, -0.2) is 58.2 Å². The highest BCUT2D eigenvalue weighted by molar-refractivity contribution is 5.77. The molecule has 0 bridgehead atoms. The van der Waals surface area contributed by atoms with Gasteiger partial charge in [-0.15, -0.1) is 0 Å². The number of aliphatic carboxylic acids is 1. The van der Waals surface area contributed by atoms with E-state index in [0.29, 0.717) is 13.0 Å². The van der Waals surface area contributed by atoms with Crippen LogP contribution in [0.15, 0.2) is 97.2 Å². The lowest BCUT2D eigenvalue weighted by atomic mass is 9.90. The number of carbonyl (C=O) groups is 2. The van der Waals surface area contributed by atoms with Gasteiger partial charge in [0.1, 0.15) is 0 Å². The Morgan fingerprint density at radius 3 is 2.33 bits per heavy atom. The molecule has 1 aliphatic heterocycles. The van der Waals surface area contributed by atoms with Gasteiger partial charge in [-0.25, -0.2) is 0 Å². The predicted molar refractivity (Wildman–Crippen MR) is 184 cm³/mol. The second-order valence-electron chi connectivity index (χ2n) is 12.5. The summed E-state index contributed by atoms with van der Waals surface area (Å²) in [7, 11) is 2.11. The molecule has 0 aliphatic carbocycles. The van der Waals surface area contributed by atoms with Gasteiger partial charge in [0.15, 0.2) is 6.29 Å². The van der Waals surface area contributed by atoms with Crippen LogP contribution in [0.3, 0.4) is 0 Å². The van der Waals surface area contributed by atoms with Crippen LogP contribution in [-0.2, 0) is 38.6 Å². The first kappa shape index (κ1) is 34.9. The lowest BCUT2D eigenvalue weighted by Crippen LogP contribution is -2.43. The van der Waals surface area contributed by atoms with E-state index in [4.69, 9.17) is 14.6 Å². The lowest BCUT2D eigenvalue weighted by Gasteiger charge is -2.42. The predicted octanol–water partition coefficient (Wildman–Crippen LogP) is 6.08. The van der Waals surface area contributed by atoms with Gasteiger partial charge >= 0.3 is 5.97 Å². The number of nitrogens with zero attached hydrogens (tertiary/aromatic N) is 2. The normalized spacial score (nSPS) is 19.2. The molecule has 9 heteroatoms. The first-order valence-electron chi connectivity index (χ1n) is 16.6. The maximum Gasteiger partial charge on any atom is 0.303 e. The Morgan fingerprint density at radius 2 is 1.62 bits per heavy atom. The van der Waals surface area contributed by atoms with Gasteiger partial charge in [0.25, 0.3) is 0 Å². The van der Waals surface area contributed by atoms with Gasteiger partial charge in [-0.2, -0.15) is 0 Å². The Bertz CT molecular complexity index is 1610. The maximum absolute atomic E-state index is 12.3. The number of pyridine rings is 1. The second-order valence-corrected chi connectivity index (χ2v) is 12.5. The molecule has 252 valence electrons. The molecule has 3 N–H and O–H groups in total. The third-order valence-corrected chi connectivity index (χ3v) is 8.87. The van der Waals surface area contributed by atoms with Gasteiger partial charge in [0.2, 0.25) is 5.91 Å². The number of carbonyl (C=O) groups excluding carboxylic acids is 1. The minimum atomic E-state index is -0.901. The SMILES string of the molecule is C[C@@H]1[C@H](CN(C)CCc2ccccn2)O[C@H](c2ccc(-c3ccccc3CNC(=O)CCCC(=O)O)cc2)O[C@@H]1c1ccc(CO)cc1. The number of rotatable bonds is 15. The average Bonchev–Trinajstić information content (AvgIpc) is 3.11. The van der Waals surface area contributed by atoms with Crippen LogP contribution in [0.1, 0.15) is 66.5 Å². The van der Waals surface area contributed by atoms with E-state index < -0.39 is 12.3 Å². The fourth-order valence-corrected chi connectivity index (χ4v) is 6.04. The van der Waals surface area contributed by atoms with Gasteiger partial charge in [0.05, 0.1) is 18.8 Å². The van der Waals surface area contributed by atoms with Crippen LogP contribution in [0.4, 0.5) is 0 Å². The first-order chi connectivity index (χ1) is 23.3. The zero-order valence-electron chi connectivity index (χ0n) is 27.6. The number of benzene rings is 3. The Balaban J connectivity index is 1.30. The standard InChI is InChI=1S/C39H45N3O6/c1-27-35(25-42(2)23-21-33-9-5-6-22-40-33)47-39(48-38(27)30-15-13-28(26-43)14-16-30)31-19-17-29(18-20-31)34-10-4-3-8-32(34)24-41-36(44)11-7-12-37(45)46/h3-6,8-10,13-20,22,27,35,38-39,43H,7,11-12,21,23-26H2,1-2H3,(H,41,44)(H,45,46)/t27-,35+,38+,39+/m1/s1. The van der Waals surface area contributed by atoms with Gasteiger partial charge < -0.3 is 29.9 Å². The summed E-state index contributed by atoms with van der Waals surface area (Å²) >= 11 is 0. The van der Waals surface area contributed by atoms with Crippen LogP contribution in [0.5, 0.6) is 0 Å². The molecule has 1 fully saturated rings. The summed E-state index contributed by atoms with van der Waals surface area (Å²) in [6.07, 6.45) is 2.26. The molecular weight excluding hydrogens is 606 g/mol. The number of carboxylic acids is 1. The molecule has 0 unspecified atom stereocenters. The molecule has 9 nitrogen and oxygen atoms in total. The average molecular weight is 652 g/mol. The topological polar surface area (TPSA) is 121 Å². The highest BCUT2D eigenvalue weighted by atomic mass is 16.7. The number of ether oxygens (including phenoxy) is 2. The Kier molecular flexibility index (Phi) is 12.5. The van der Waals surface area contributed by atoms with E-state index in [-0.39, 0.29) is 43.5 Å². The van der Waals surface area contributed by atoms with Crippen molar-refractivity contribution in [2.24, 2.45) is 5.92 Å². The Hall–Kier alpha value is -4.41. The lowest BCUT2D eigenvalue weighted by molar-refractivity contribution is -0.275. The third kappa shape index (κ3) is 9.58. The van der Waals surface area contributed by atoms with E-state index in [1.54, 1.807) is 0 Å². The van der Waals surface area contributed by atoms with Crippen LogP contribution >= 0.6 is 0 Å². The van der Waals surface area contributed by atoms with Gasteiger partial charge in [-0.1, -0.05) is 85.8 Å². The maximum atomic E-state index is 12.3.